The number of morpholine rings is 1. The minimum atomic E-state index is 0. The van der Waals surface area contributed by atoms with E-state index < -0.39 is 0 Å². The van der Waals surface area contributed by atoms with Crippen LogP contribution in [-0.4, -0.2) is 43.4 Å². The summed E-state index contributed by atoms with van der Waals surface area (Å²) in [7, 11) is 0. The van der Waals surface area contributed by atoms with Crippen molar-refractivity contribution in [3.05, 3.63) is 89.5 Å². The average Bonchev–Trinajstić information content (AvgIpc) is 3.00. The molecule has 2 aliphatic heterocycles. The van der Waals surface area contributed by atoms with Gasteiger partial charge < -0.3 is 26.2 Å². The number of hydrogen-bond acceptors (Lipinski definition) is 1. The van der Waals surface area contributed by atoms with Gasteiger partial charge in [-0.3, -0.25) is 0 Å². The maximum atomic E-state index is 5.75. The Kier molecular flexibility index (Phi) is 5.59. The monoisotopic (exact) mass is 437 g/mol. The number of halogens is 1. The van der Waals surface area contributed by atoms with Crippen LogP contribution >= 0.6 is 0 Å². The molecule has 2 nitrogen and oxygen atoms in total. The molecule has 0 radical (unpaired) electrons. The fraction of sp³-hybridized carbons (Fsp3) is 0.360. The standard InChI is InChI=1S/C25H28NO.BrH/c1-2-8-24-22-17-20-11-6-7-12-21(20)25(19-9-4-3-5-10-19)23(22)18-26(24)13-15-27-16-14-26;/h2-7,9-12,17,23-25H,1,8,13-16,18H2;1H/q+1;/p-1. The van der Waals surface area contributed by atoms with Crippen molar-refractivity contribution in [1.29, 1.82) is 0 Å². The van der Waals surface area contributed by atoms with E-state index in [0.29, 0.717) is 17.9 Å². The van der Waals surface area contributed by atoms with Gasteiger partial charge in [-0.1, -0.05) is 60.7 Å². The summed E-state index contributed by atoms with van der Waals surface area (Å²) in [5.74, 6) is 1.03. The minimum absolute atomic E-state index is 0. The molecule has 2 aromatic rings. The Hall–Kier alpha value is -1.68. The van der Waals surface area contributed by atoms with Gasteiger partial charge in [0.2, 0.25) is 0 Å². The first-order valence-corrected chi connectivity index (χ1v) is 10.2. The molecule has 1 aliphatic carbocycles. The molecular weight excluding hydrogens is 410 g/mol. The lowest BCUT2D eigenvalue weighted by molar-refractivity contribution is -0.944. The van der Waals surface area contributed by atoms with Gasteiger partial charge in [0.05, 0.1) is 19.8 Å². The first-order valence-electron chi connectivity index (χ1n) is 10.2. The third-order valence-electron chi connectivity index (χ3n) is 7.00. The quantitative estimate of drug-likeness (QED) is 0.523. The molecule has 2 saturated heterocycles. The van der Waals surface area contributed by atoms with Crippen molar-refractivity contribution >= 4 is 6.08 Å². The predicted octanol–water partition coefficient (Wildman–Crippen LogP) is 1.64. The van der Waals surface area contributed by atoms with E-state index in [1.165, 1.54) is 27.7 Å². The highest BCUT2D eigenvalue weighted by molar-refractivity contribution is 5.65. The van der Waals surface area contributed by atoms with Crippen molar-refractivity contribution in [1.82, 2.24) is 0 Å². The molecule has 0 saturated carbocycles. The summed E-state index contributed by atoms with van der Waals surface area (Å²) >= 11 is 0. The highest BCUT2D eigenvalue weighted by Crippen LogP contribution is 2.51. The van der Waals surface area contributed by atoms with Crippen molar-refractivity contribution in [3.8, 4) is 0 Å². The highest BCUT2D eigenvalue weighted by atomic mass is 79.9. The molecule has 146 valence electrons. The predicted molar refractivity (Wildman–Crippen MR) is 110 cm³/mol. The van der Waals surface area contributed by atoms with Crippen LogP contribution in [0.4, 0.5) is 0 Å². The van der Waals surface area contributed by atoms with Crippen molar-refractivity contribution in [2.45, 2.75) is 18.4 Å². The van der Waals surface area contributed by atoms with E-state index in [9.17, 15) is 0 Å². The van der Waals surface area contributed by atoms with E-state index in [-0.39, 0.29) is 17.0 Å². The molecule has 5 rings (SSSR count). The topological polar surface area (TPSA) is 9.23 Å². The number of rotatable bonds is 3. The molecule has 3 heteroatoms. The smallest absolute Gasteiger partial charge is 0.115 e. The Bertz CT molecular complexity index is 869. The number of hydrogen-bond donors (Lipinski definition) is 0. The first kappa shape index (κ1) is 19.6. The molecule has 0 amide bonds. The second-order valence-electron chi connectivity index (χ2n) is 8.27. The average molecular weight is 438 g/mol. The molecule has 0 aromatic heterocycles. The minimum Gasteiger partial charge on any atom is -1.00 e. The van der Waals surface area contributed by atoms with E-state index in [1.54, 1.807) is 5.57 Å². The Morgan fingerprint density at radius 2 is 1.71 bits per heavy atom. The Morgan fingerprint density at radius 3 is 2.46 bits per heavy atom. The van der Waals surface area contributed by atoms with Crippen LogP contribution in [0.5, 0.6) is 0 Å². The Labute approximate surface area is 178 Å². The van der Waals surface area contributed by atoms with Gasteiger partial charge in [-0.2, -0.15) is 0 Å². The summed E-state index contributed by atoms with van der Waals surface area (Å²) in [5.41, 5.74) is 5.98. The molecule has 3 unspecified atom stereocenters. The van der Waals surface area contributed by atoms with Crippen LogP contribution in [0.25, 0.3) is 6.08 Å². The summed E-state index contributed by atoms with van der Waals surface area (Å²) in [4.78, 5) is 0. The second-order valence-corrected chi connectivity index (χ2v) is 8.27. The number of benzene rings is 2. The van der Waals surface area contributed by atoms with Crippen LogP contribution in [0.15, 0.2) is 72.8 Å². The van der Waals surface area contributed by atoms with Gasteiger partial charge in [-0.25, -0.2) is 0 Å². The Morgan fingerprint density at radius 1 is 1.00 bits per heavy atom. The zero-order chi connectivity index (χ0) is 18.3. The van der Waals surface area contributed by atoms with E-state index in [0.717, 1.165) is 32.7 Å². The zero-order valence-corrected chi connectivity index (χ0v) is 17.9. The molecule has 2 fully saturated rings. The van der Waals surface area contributed by atoms with Crippen molar-refractivity contribution in [2.24, 2.45) is 5.92 Å². The third kappa shape index (κ3) is 3.10. The normalized spacial score (nSPS) is 27.3. The van der Waals surface area contributed by atoms with E-state index >= 15 is 0 Å². The molecule has 0 bridgehead atoms. The fourth-order valence-corrected chi connectivity index (χ4v) is 5.80. The molecule has 28 heavy (non-hydrogen) atoms. The van der Waals surface area contributed by atoms with E-state index in [1.807, 2.05) is 0 Å². The lowest BCUT2D eigenvalue weighted by atomic mass is 9.71. The number of fused-ring (bicyclic) bond motifs is 2. The number of ether oxygens (including phenoxy) is 1. The Balaban J connectivity index is 0.00000192. The van der Waals surface area contributed by atoms with Gasteiger partial charge in [-0.15, -0.1) is 6.58 Å². The van der Waals surface area contributed by atoms with Gasteiger partial charge in [0.25, 0.3) is 0 Å². The van der Waals surface area contributed by atoms with Crippen molar-refractivity contribution in [2.75, 3.05) is 32.8 Å². The SMILES string of the molecule is C=CCC1C2=Cc3ccccc3C(c3ccccc3)C2C[N+]12CCOCC2.[Br-]. The van der Waals surface area contributed by atoms with Crippen LogP contribution in [0.3, 0.4) is 0 Å². The first-order chi connectivity index (χ1) is 13.3. The van der Waals surface area contributed by atoms with E-state index in [2.05, 4.69) is 73.3 Å². The summed E-state index contributed by atoms with van der Waals surface area (Å²) in [5, 5.41) is 0. The lowest BCUT2D eigenvalue weighted by Gasteiger charge is -2.42. The summed E-state index contributed by atoms with van der Waals surface area (Å²) < 4.78 is 6.93. The third-order valence-corrected chi connectivity index (χ3v) is 7.00. The lowest BCUT2D eigenvalue weighted by Crippen LogP contribution is -3.00. The van der Waals surface area contributed by atoms with Crippen LogP contribution < -0.4 is 17.0 Å². The van der Waals surface area contributed by atoms with Gasteiger partial charge in [-0.05, 0) is 28.3 Å². The van der Waals surface area contributed by atoms with E-state index in [4.69, 9.17) is 4.74 Å². The van der Waals surface area contributed by atoms with Crippen LogP contribution in [0.1, 0.15) is 29.0 Å². The molecular formula is C25H28BrNO. The van der Waals surface area contributed by atoms with Crippen molar-refractivity contribution in [3.63, 3.8) is 0 Å². The molecule has 3 atom stereocenters. The highest BCUT2D eigenvalue weighted by Gasteiger charge is 2.54. The second kappa shape index (κ2) is 7.98. The summed E-state index contributed by atoms with van der Waals surface area (Å²) in [6.07, 6.45) is 5.70. The van der Waals surface area contributed by atoms with Crippen molar-refractivity contribution < 1.29 is 26.2 Å². The molecule has 1 spiro atoms. The summed E-state index contributed by atoms with van der Waals surface area (Å²) in [6.45, 7) is 9.35. The van der Waals surface area contributed by atoms with Crippen LogP contribution in [0, 0.1) is 5.92 Å². The molecule has 2 heterocycles. The number of nitrogens with zero attached hydrogens (tertiary/aromatic N) is 1. The van der Waals surface area contributed by atoms with Gasteiger partial charge >= 0.3 is 0 Å². The van der Waals surface area contributed by atoms with Gasteiger partial charge in [0.1, 0.15) is 19.1 Å². The van der Waals surface area contributed by atoms with Gasteiger partial charge in [0, 0.05) is 18.3 Å². The van der Waals surface area contributed by atoms with Crippen LogP contribution in [0.2, 0.25) is 0 Å². The maximum absolute atomic E-state index is 5.75. The molecule has 2 aromatic carbocycles. The largest absolute Gasteiger partial charge is 1.00 e. The molecule has 0 N–H and O–H groups in total. The number of quaternary nitrogens is 1. The maximum Gasteiger partial charge on any atom is 0.115 e. The van der Waals surface area contributed by atoms with Crippen LogP contribution in [-0.2, 0) is 4.74 Å². The summed E-state index contributed by atoms with van der Waals surface area (Å²) in [6, 6.07) is 20.7. The molecule has 3 aliphatic rings. The fourth-order valence-electron chi connectivity index (χ4n) is 5.80. The van der Waals surface area contributed by atoms with Gasteiger partial charge in [0.15, 0.2) is 0 Å². The zero-order valence-electron chi connectivity index (χ0n) is 16.3.